The Hall–Kier alpha value is -4.20. The van der Waals surface area contributed by atoms with Gasteiger partial charge < -0.3 is 14.5 Å². The standard InChI is InChI=1S/C27H25N3O5/c1-4-15-13-18-14-17(7-10-20(18)26(33)29(2)3)24(31)22-23(15)30(27(34)25(22)32)19-8-5-16(6-9-19)21-11-12-35-28-21/h5-12,14-15,23,31H,4,13H2,1-3H3. The Kier molecular flexibility index (Phi) is 5.51. The molecule has 178 valence electrons. The second-order valence-corrected chi connectivity index (χ2v) is 9.09. The van der Waals surface area contributed by atoms with Crippen molar-refractivity contribution in [1.82, 2.24) is 10.1 Å². The van der Waals surface area contributed by atoms with Gasteiger partial charge >= 0.3 is 0 Å². The molecule has 0 saturated carbocycles. The first kappa shape index (κ1) is 22.6. The number of hydrogen-bond acceptors (Lipinski definition) is 6. The monoisotopic (exact) mass is 471 g/mol. The average molecular weight is 472 g/mol. The van der Waals surface area contributed by atoms with Crippen LogP contribution in [0.25, 0.3) is 17.0 Å². The van der Waals surface area contributed by atoms with Crippen LogP contribution >= 0.6 is 0 Å². The topological polar surface area (TPSA) is 104 Å². The van der Waals surface area contributed by atoms with E-state index in [2.05, 4.69) is 5.16 Å². The molecule has 1 saturated heterocycles. The Balaban J connectivity index is 1.62. The van der Waals surface area contributed by atoms with Gasteiger partial charge in [0.1, 0.15) is 17.7 Å². The summed E-state index contributed by atoms with van der Waals surface area (Å²) in [4.78, 5) is 42.2. The molecule has 0 radical (unpaired) electrons. The molecule has 1 aromatic heterocycles. The maximum Gasteiger partial charge on any atom is 0.299 e. The van der Waals surface area contributed by atoms with E-state index in [0.29, 0.717) is 35.3 Å². The lowest BCUT2D eigenvalue weighted by molar-refractivity contribution is -0.132. The minimum absolute atomic E-state index is 0.111. The second-order valence-electron chi connectivity index (χ2n) is 9.09. The summed E-state index contributed by atoms with van der Waals surface area (Å²) < 4.78 is 4.91. The van der Waals surface area contributed by atoms with Crippen LogP contribution in [-0.4, -0.2) is 52.9 Å². The van der Waals surface area contributed by atoms with E-state index in [4.69, 9.17) is 4.52 Å². The van der Waals surface area contributed by atoms with Crippen LogP contribution in [0.4, 0.5) is 5.69 Å². The van der Waals surface area contributed by atoms with Gasteiger partial charge in [-0.1, -0.05) is 36.7 Å². The molecule has 2 atom stereocenters. The third-order valence-electron chi connectivity index (χ3n) is 6.83. The highest BCUT2D eigenvalue weighted by atomic mass is 16.5. The Morgan fingerprint density at radius 2 is 1.83 bits per heavy atom. The SMILES string of the molecule is CCC1Cc2cc(ccc2C(=O)N(C)C)C(O)=C2C(=O)C(=O)N(c3ccc(-c4ccon4)cc3)C21. The van der Waals surface area contributed by atoms with Gasteiger partial charge in [-0.3, -0.25) is 19.3 Å². The van der Waals surface area contributed by atoms with Crippen molar-refractivity contribution in [2.24, 2.45) is 5.92 Å². The van der Waals surface area contributed by atoms with E-state index in [1.54, 1.807) is 50.5 Å². The van der Waals surface area contributed by atoms with Gasteiger partial charge in [0.2, 0.25) is 0 Å². The smallest absolute Gasteiger partial charge is 0.299 e. The maximum absolute atomic E-state index is 13.3. The third kappa shape index (κ3) is 3.62. The van der Waals surface area contributed by atoms with Crippen molar-refractivity contribution in [2.45, 2.75) is 25.8 Å². The van der Waals surface area contributed by atoms with E-state index < -0.39 is 17.7 Å². The second kappa shape index (κ2) is 8.54. The lowest BCUT2D eigenvalue weighted by Crippen LogP contribution is -2.40. The van der Waals surface area contributed by atoms with Crippen molar-refractivity contribution >= 4 is 29.0 Å². The predicted molar refractivity (Wildman–Crippen MR) is 130 cm³/mol. The van der Waals surface area contributed by atoms with E-state index in [1.807, 2.05) is 19.1 Å². The molecule has 1 aliphatic heterocycles. The summed E-state index contributed by atoms with van der Waals surface area (Å²) in [6.07, 6.45) is 2.60. The van der Waals surface area contributed by atoms with E-state index in [9.17, 15) is 19.5 Å². The van der Waals surface area contributed by atoms with Gasteiger partial charge in [0.25, 0.3) is 17.6 Å². The number of aliphatic hydroxyl groups is 1. The number of aliphatic hydroxyl groups excluding tert-OH is 1. The van der Waals surface area contributed by atoms with Crippen molar-refractivity contribution in [2.75, 3.05) is 19.0 Å². The summed E-state index contributed by atoms with van der Waals surface area (Å²) in [5, 5.41) is 15.1. The van der Waals surface area contributed by atoms with Crippen molar-refractivity contribution in [1.29, 1.82) is 0 Å². The van der Waals surface area contributed by atoms with Crippen LogP contribution in [0.2, 0.25) is 0 Å². The average Bonchev–Trinajstić information content (AvgIpc) is 3.48. The molecule has 1 fully saturated rings. The normalized spacial score (nSPS) is 19.5. The summed E-state index contributed by atoms with van der Waals surface area (Å²) in [6.45, 7) is 1.98. The minimum atomic E-state index is -0.705. The molecule has 2 amide bonds. The van der Waals surface area contributed by atoms with Gasteiger partial charge in [-0.15, -0.1) is 0 Å². The van der Waals surface area contributed by atoms with Crippen molar-refractivity contribution in [3.8, 4) is 11.3 Å². The molecule has 2 aliphatic rings. The van der Waals surface area contributed by atoms with Crippen LogP contribution in [-0.2, 0) is 16.0 Å². The van der Waals surface area contributed by atoms with Gasteiger partial charge in [-0.05, 0) is 42.2 Å². The quantitative estimate of drug-likeness (QED) is 0.579. The molecule has 2 aromatic carbocycles. The number of carbonyl (C=O) groups excluding carboxylic acids is 3. The first-order valence-corrected chi connectivity index (χ1v) is 11.5. The van der Waals surface area contributed by atoms with Crippen LogP contribution in [0.3, 0.4) is 0 Å². The summed E-state index contributed by atoms with van der Waals surface area (Å²) in [7, 11) is 3.38. The van der Waals surface area contributed by atoms with Gasteiger partial charge in [-0.25, -0.2) is 0 Å². The number of rotatable bonds is 4. The summed E-state index contributed by atoms with van der Waals surface area (Å²) in [5.41, 5.74) is 3.89. The molecule has 2 bridgehead atoms. The Morgan fingerprint density at radius 3 is 2.46 bits per heavy atom. The molecule has 3 aromatic rings. The first-order valence-electron chi connectivity index (χ1n) is 11.5. The zero-order chi connectivity index (χ0) is 24.9. The number of benzene rings is 2. The van der Waals surface area contributed by atoms with Crippen LogP contribution in [0, 0.1) is 5.92 Å². The fraction of sp³-hybridized carbons (Fsp3) is 0.259. The van der Waals surface area contributed by atoms with Crippen LogP contribution in [0.15, 0.2) is 64.9 Å². The number of anilines is 1. The van der Waals surface area contributed by atoms with Gasteiger partial charge in [-0.2, -0.15) is 0 Å². The van der Waals surface area contributed by atoms with Crippen LogP contribution < -0.4 is 4.90 Å². The maximum atomic E-state index is 13.3. The largest absolute Gasteiger partial charge is 0.507 e. The van der Waals surface area contributed by atoms with Gasteiger partial charge in [0.15, 0.2) is 0 Å². The van der Waals surface area contributed by atoms with Crippen LogP contribution in [0.5, 0.6) is 0 Å². The van der Waals surface area contributed by atoms with Crippen LogP contribution in [0.1, 0.15) is 34.8 Å². The number of hydrogen-bond donors (Lipinski definition) is 1. The number of carbonyl (C=O) groups is 3. The molecule has 8 heteroatoms. The number of ketones is 1. The molecular formula is C27H25N3O5. The zero-order valence-corrected chi connectivity index (χ0v) is 19.7. The molecule has 2 heterocycles. The van der Waals surface area contributed by atoms with E-state index >= 15 is 0 Å². The molecule has 2 unspecified atom stereocenters. The number of aromatic nitrogens is 1. The zero-order valence-electron chi connectivity index (χ0n) is 19.7. The minimum Gasteiger partial charge on any atom is -0.507 e. The Morgan fingerprint density at radius 1 is 1.11 bits per heavy atom. The Labute approximate surface area is 202 Å². The van der Waals surface area contributed by atoms with Gasteiger partial charge in [0.05, 0.1) is 11.6 Å². The third-order valence-corrected chi connectivity index (χ3v) is 6.83. The molecule has 0 spiro atoms. The highest BCUT2D eigenvalue weighted by Crippen LogP contribution is 2.41. The first-order chi connectivity index (χ1) is 16.8. The molecule has 1 aliphatic carbocycles. The fourth-order valence-corrected chi connectivity index (χ4v) is 5.02. The highest BCUT2D eigenvalue weighted by molar-refractivity contribution is 6.51. The lowest BCUT2D eigenvalue weighted by Gasteiger charge is -2.33. The number of nitrogens with zero attached hydrogens (tertiary/aromatic N) is 3. The van der Waals surface area contributed by atoms with Crippen molar-refractivity contribution < 1.29 is 24.0 Å². The van der Waals surface area contributed by atoms with E-state index in [-0.39, 0.29) is 23.2 Å². The number of fused-ring (bicyclic) bond motifs is 3. The fourth-order valence-electron chi connectivity index (χ4n) is 5.02. The molecule has 8 nitrogen and oxygen atoms in total. The van der Waals surface area contributed by atoms with E-state index in [1.165, 1.54) is 16.1 Å². The molecule has 35 heavy (non-hydrogen) atoms. The predicted octanol–water partition coefficient (Wildman–Crippen LogP) is 3.88. The molecule has 1 N–H and O–H groups in total. The van der Waals surface area contributed by atoms with Crippen molar-refractivity contribution in [3.63, 3.8) is 0 Å². The summed E-state index contributed by atoms with van der Waals surface area (Å²) >= 11 is 0. The molecular weight excluding hydrogens is 446 g/mol. The molecule has 5 rings (SSSR count). The van der Waals surface area contributed by atoms with Gasteiger partial charge in [0, 0.05) is 42.5 Å². The lowest BCUT2D eigenvalue weighted by atomic mass is 9.80. The Bertz CT molecular complexity index is 1360. The summed E-state index contributed by atoms with van der Waals surface area (Å²) in [5.74, 6) is -1.92. The summed E-state index contributed by atoms with van der Waals surface area (Å²) in [6, 6.07) is 13.3. The van der Waals surface area contributed by atoms with Crippen molar-refractivity contribution in [3.05, 3.63) is 77.1 Å². The van der Waals surface area contributed by atoms with E-state index in [0.717, 1.165) is 11.1 Å². The number of amides is 2. The highest BCUT2D eigenvalue weighted by Gasteiger charge is 2.49. The number of Topliss-reactive ketones (excluding diaryl/α,β-unsaturated/α-hetero) is 1.